The summed E-state index contributed by atoms with van der Waals surface area (Å²) in [4.78, 5) is 19.5. The lowest BCUT2D eigenvalue weighted by molar-refractivity contribution is -0.128. The molecule has 0 spiro atoms. The maximum absolute atomic E-state index is 14.7. The number of allylic oxidation sites excluding steroid dienone is 1. The molecule has 2 unspecified atom stereocenters. The second-order valence-electron chi connectivity index (χ2n) is 9.63. The molecule has 33 heavy (non-hydrogen) atoms. The van der Waals surface area contributed by atoms with Crippen LogP contribution in [0.4, 0.5) is 8.78 Å². The highest BCUT2D eigenvalue weighted by atomic mass is 19.1. The van der Waals surface area contributed by atoms with E-state index >= 15 is 0 Å². The first-order chi connectivity index (χ1) is 16.0. The Morgan fingerprint density at radius 3 is 2.82 bits per heavy atom. The monoisotopic (exact) mass is 452 g/mol. The quantitative estimate of drug-likeness (QED) is 0.703. The molecule has 0 N–H and O–H groups in total. The molecular formula is C25H26F2N4O2. The van der Waals surface area contributed by atoms with Gasteiger partial charge in [0.15, 0.2) is 0 Å². The van der Waals surface area contributed by atoms with Crippen molar-refractivity contribution < 1.29 is 18.3 Å². The Morgan fingerprint density at radius 1 is 1.18 bits per heavy atom. The van der Waals surface area contributed by atoms with Crippen molar-refractivity contribution in [2.45, 2.75) is 37.8 Å². The van der Waals surface area contributed by atoms with Crippen LogP contribution < -0.4 is 0 Å². The summed E-state index contributed by atoms with van der Waals surface area (Å²) in [7, 11) is 1.76. The SMILES string of the molecule is CN1CC2C(c3ccc(F)cc3F)=NC([C@H]3CCO[C@@H](c4cnn(C5CC5)c4)C3)=CC2C1=O. The number of hydrogen-bond acceptors (Lipinski definition) is 4. The van der Waals surface area contributed by atoms with Gasteiger partial charge in [0.25, 0.3) is 0 Å². The second-order valence-corrected chi connectivity index (χ2v) is 9.63. The van der Waals surface area contributed by atoms with Crippen molar-refractivity contribution in [2.75, 3.05) is 20.2 Å². The molecule has 1 aromatic heterocycles. The Morgan fingerprint density at radius 2 is 2.03 bits per heavy atom. The molecule has 0 radical (unpaired) electrons. The van der Waals surface area contributed by atoms with Gasteiger partial charge < -0.3 is 9.64 Å². The van der Waals surface area contributed by atoms with Crippen LogP contribution in [-0.4, -0.2) is 46.5 Å². The molecule has 8 heteroatoms. The average Bonchev–Trinajstić information content (AvgIpc) is 3.47. The Hall–Kier alpha value is -2.87. The van der Waals surface area contributed by atoms with Gasteiger partial charge in [0, 0.05) is 61.1 Å². The largest absolute Gasteiger partial charge is 0.373 e. The first-order valence-electron chi connectivity index (χ1n) is 11.6. The van der Waals surface area contributed by atoms with Crippen LogP contribution in [0.1, 0.15) is 49.0 Å². The van der Waals surface area contributed by atoms with Crippen molar-refractivity contribution in [1.29, 1.82) is 0 Å². The predicted octanol–water partition coefficient (Wildman–Crippen LogP) is 4.06. The van der Waals surface area contributed by atoms with Crippen LogP contribution in [0.15, 0.2) is 47.4 Å². The van der Waals surface area contributed by atoms with Gasteiger partial charge in [-0.25, -0.2) is 8.78 Å². The molecule has 6 nitrogen and oxygen atoms in total. The van der Waals surface area contributed by atoms with E-state index in [-0.39, 0.29) is 35.3 Å². The standard InChI is InChI=1S/C25H26F2N4O2/c1-30-13-20-19(25(30)32)10-22(29-24(20)18-5-2-16(26)9-21(18)27)14-6-7-33-23(8-14)15-11-28-31(12-15)17-3-4-17/h2,5,9-12,14,17,19-20,23H,3-4,6-8,13H2,1H3/t14-,19?,20?,23+/m0/s1. The number of aliphatic imine (C=N–C) groups is 1. The minimum Gasteiger partial charge on any atom is -0.373 e. The van der Waals surface area contributed by atoms with Crippen LogP contribution in [0.3, 0.4) is 0 Å². The Bertz CT molecular complexity index is 1170. The molecule has 3 aliphatic heterocycles. The summed E-state index contributed by atoms with van der Waals surface area (Å²) in [5, 5.41) is 4.49. The van der Waals surface area contributed by atoms with Gasteiger partial charge in [-0.2, -0.15) is 5.10 Å². The van der Waals surface area contributed by atoms with Crippen LogP contribution in [0.25, 0.3) is 0 Å². The van der Waals surface area contributed by atoms with Gasteiger partial charge in [0.2, 0.25) is 5.91 Å². The lowest BCUT2D eigenvalue weighted by Crippen LogP contribution is -2.30. The van der Waals surface area contributed by atoms with Crippen LogP contribution in [0.5, 0.6) is 0 Å². The number of carbonyl (C=O) groups excluding carboxylic acids is 1. The van der Waals surface area contributed by atoms with Crippen molar-refractivity contribution >= 4 is 11.6 Å². The molecule has 1 amide bonds. The fraction of sp³-hybridized carbons (Fsp3) is 0.480. The highest BCUT2D eigenvalue weighted by Crippen LogP contribution is 2.42. The number of nitrogens with zero attached hydrogens (tertiary/aromatic N) is 4. The molecule has 4 aliphatic rings. The average molecular weight is 453 g/mol. The van der Waals surface area contributed by atoms with Crippen molar-refractivity contribution in [3.63, 3.8) is 0 Å². The van der Waals surface area contributed by atoms with Gasteiger partial charge in [-0.1, -0.05) is 0 Å². The molecule has 6 rings (SSSR count). The van der Waals surface area contributed by atoms with E-state index in [0.717, 1.165) is 30.2 Å². The molecule has 0 bridgehead atoms. The number of amides is 1. The summed E-state index contributed by atoms with van der Waals surface area (Å²) < 4.78 is 36.4. The first-order valence-corrected chi connectivity index (χ1v) is 11.6. The third-order valence-corrected chi connectivity index (χ3v) is 7.34. The van der Waals surface area contributed by atoms with Gasteiger partial charge >= 0.3 is 0 Å². The summed E-state index contributed by atoms with van der Waals surface area (Å²) >= 11 is 0. The van der Waals surface area contributed by atoms with Crippen molar-refractivity contribution in [3.8, 4) is 0 Å². The normalized spacial score (nSPS) is 29.7. The minimum atomic E-state index is -0.645. The van der Waals surface area contributed by atoms with Crippen molar-refractivity contribution in [3.05, 3.63) is 65.1 Å². The van der Waals surface area contributed by atoms with Gasteiger partial charge in [-0.3, -0.25) is 14.5 Å². The molecule has 3 fully saturated rings. The molecule has 2 aromatic rings. The van der Waals surface area contributed by atoms with Crippen LogP contribution in [0.2, 0.25) is 0 Å². The number of rotatable bonds is 4. The molecule has 1 aliphatic carbocycles. The van der Waals surface area contributed by atoms with E-state index in [1.807, 2.05) is 17.0 Å². The summed E-state index contributed by atoms with van der Waals surface area (Å²) in [5.41, 5.74) is 2.68. The van der Waals surface area contributed by atoms with E-state index in [1.54, 1.807) is 11.9 Å². The number of halogens is 2. The number of aromatic nitrogens is 2. The molecule has 2 saturated heterocycles. The van der Waals surface area contributed by atoms with E-state index in [0.29, 0.717) is 24.9 Å². The molecule has 4 atom stereocenters. The van der Waals surface area contributed by atoms with Crippen LogP contribution >= 0.6 is 0 Å². The highest BCUT2D eigenvalue weighted by Gasteiger charge is 2.44. The summed E-state index contributed by atoms with van der Waals surface area (Å²) in [6.45, 7) is 1.05. The number of hydrogen-bond donors (Lipinski definition) is 0. The lowest BCUT2D eigenvalue weighted by atomic mass is 9.81. The Kier molecular flexibility index (Phi) is 4.94. The van der Waals surface area contributed by atoms with Gasteiger partial charge in [0.05, 0.1) is 30.0 Å². The first kappa shape index (κ1) is 20.7. The maximum atomic E-state index is 14.7. The zero-order valence-electron chi connectivity index (χ0n) is 18.5. The van der Waals surface area contributed by atoms with E-state index in [9.17, 15) is 13.6 Å². The van der Waals surface area contributed by atoms with Gasteiger partial charge in [0.1, 0.15) is 11.6 Å². The minimum absolute atomic E-state index is 0.0155. The summed E-state index contributed by atoms with van der Waals surface area (Å²) in [6, 6.07) is 4.08. The Labute approximate surface area is 190 Å². The topological polar surface area (TPSA) is 59.7 Å². The van der Waals surface area contributed by atoms with E-state index < -0.39 is 11.6 Å². The molecule has 4 heterocycles. The third-order valence-electron chi connectivity index (χ3n) is 7.34. The van der Waals surface area contributed by atoms with Crippen molar-refractivity contribution in [1.82, 2.24) is 14.7 Å². The Balaban J connectivity index is 1.32. The summed E-state index contributed by atoms with van der Waals surface area (Å²) in [5.74, 6) is -1.78. The number of benzene rings is 1. The molecular weight excluding hydrogens is 426 g/mol. The van der Waals surface area contributed by atoms with Gasteiger partial charge in [-0.15, -0.1) is 0 Å². The number of ether oxygens (including phenoxy) is 1. The number of fused-ring (bicyclic) bond motifs is 1. The smallest absolute Gasteiger partial charge is 0.230 e. The van der Waals surface area contributed by atoms with Gasteiger partial charge in [-0.05, 0) is 43.9 Å². The summed E-state index contributed by atoms with van der Waals surface area (Å²) in [6.07, 6.45) is 9.70. The van der Waals surface area contributed by atoms with E-state index in [4.69, 9.17) is 9.73 Å². The fourth-order valence-corrected chi connectivity index (χ4v) is 5.35. The molecule has 172 valence electrons. The zero-order valence-corrected chi connectivity index (χ0v) is 18.5. The predicted molar refractivity (Wildman–Crippen MR) is 118 cm³/mol. The van der Waals surface area contributed by atoms with Crippen molar-refractivity contribution in [2.24, 2.45) is 22.7 Å². The molecule has 1 saturated carbocycles. The van der Waals surface area contributed by atoms with E-state index in [1.165, 1.54) is 25.0 Å². The third kappa shape index (κ3) is 3.70. The van der Waals surface area contributed by atoms with Crippen LogP contribution in [0, 0.1) is 29.4 Å². The van der Waals surface area contributed by atoms with E-state index in [2.05, 4.69) is 11.3 Å². The lowest BCUT2D eigenvalue weighted by Gasteiger charge is -2.32. The van der Waals surface area contributed by atoms with Crippen LogP contribution in [-0.2, 0) is 9.53 Å². The zero-order chi connectivity index (χ0) is 22.7. The number of carbonyl (C=O) groups is 1. The maximum Gasteiger partial charge on any atom is 0.230 e. The fourth-order valence-electron chi connectivity index (χ4n) is 5.35. The molecule has 1 aromatic carbocycles. The number of likely N-dealkylation sites (tertiary alicyclic amines) is 1. The highest BCUT2D eigenvalue weighted by molar-refractivity contribution is 6.07. The second kappa shape index (κ2) is 7.87.